The van der Waals surface area contributed by atoms with Crippen LogP contribution in [-0.2, 0) is 9.53 Å². The topological polar surface area (TPSA) is 110 Å². The van der Waals surface area contributed by atoms with E-state index in [4.69, 9.17) is 22.1 Å². The number of nitrogens with one attached hydrogen (secondary N) is 1. The average molecular weight is 385 g/mol. The van der Waals surface area contributed by atoms with Crippen LogP contribution in [0.2, 0.25) is 5.15 Å². The number of hydrogen-bond acceptors (Lipinski definition) is 8. The summed E-state index contributed by atoms with van der Waals surface area (Å²) in [5.74, 6) is 0.943. The van der Waals surface area contributed by atoms with Crippen molar-refractivity contribution in [2.75, 3.05) is 16.8 Å². The number of anilines is 2. The maximum atomic E-state index is 11.2. The van der Waals surface area contributed by atoms with Gasteiger partial charge >= 0.3 is 5.97 Å². The number of aliphatic hydroxyl groups is 1. The van der Waals surface area contributed by atoms with Crippen molar-refractivity contribution in [1.29, 1.82) is 0 Å². The Morgan fingerprint density at radius 1 is 1.56 bits per heavy atom. The van der Waals surface area contributed by atoms with Crippen LogP contribution in [0, 0.1) is 5.41 Å². The van der Waals surface area contributed by atoms with Crippen molar-refractivity contribution in [1.82, 2.24) is 9.97 Å². The lowest BCUT2D eigenvalue weighted by Gasteiger charge is -2.25. The fraction of sp³-hybridized carbons (Fsp3) is 0.562. The second-order valence-corrected chi connectivity index (χ2v) is 7.69. The van der Waals surface area contributed by atoms with Crippen molar-refractivity contribution in [3.63, 3.8) is 0 Å². The first-order chi connectivity index (χ1) is 11.9. The molecule has 4 N–H and O–H groups in total. The molecule has 1 aromatic rings. The van der Waals surface area contributed by atoms with Crippen LogP contribution in [0.5, 0.6) is 0 Å². The highest BCUT2D eigenvalue weighted by molar-refractivity contribution is 7.99. The summed E-state index contributed by atoms with van der Waals surface area (Å²) in [4.78, 5) is 19.9. The van der Waals surface area contributed by atoms with Crippen molar-refractivity contribution >= 4 is 40.8 Å². The van der Waals surface area contributed by atoms with E-state index in [2.05, 4.69) is 22.2 Å². The highest BCUT2D eigenvalue weighted by Crippen LogP contribution is 2.58. The molecule has 2 unspecified atom stereocenters. The molecule has 1 aromatic heterocycles. The molecule has 2 aliphatic carbocycles. The molecule has 0 radical (unpaired) electrons. The molecule has 0 bridgehead atoms. The monoisotopic (exact) mass is 384 g/mol. The minimum atomic E-state index is -0.693. The number of nitrogens with two attached hydrogens (primary N) is 1. The van der Waals surface area contributed by atoms with Crippen LogP contribution in [0.15, 0.2) is 17.3 Å². The Labute approximate surface area is 155 Å². The highest BCUT2D eigenvalue weighted by Gasteiger charge is 2.67. The summed E-state index contributed by atoms with van der Waals surface area (Å²) in [5, 5.41) is 14.3. The van der Waals surface area contributed by atoms with Crippen molar-refractivity contribution < 1.29 is 14.6 Å². The Bertz CT molecular complexity index is 717. The van der Waals surface area contributed by atoms with Gasteiger partial charge in [-0.1, -0.05) is 42.4 Å². The van der Waals surface area contributed by atoms with E-state index >= 15 is 0 Å². The number of carbonyl (C=O) groups excluding carboxylic acids is 1. The van der Waals surface area contributed by atoms with Crippen molar-refractivity contribution in [3.05, 3.63) is 17.3 Å². The van der Waals surface area contributed by atoms with Crippen molar-refractivity contribution in [2.45, 2.75) is 50.1 Å². The van der Waals surface area contributed by atoms with Gasteiger partial charge in [0.15, 0.2) is 16.1 Å². The normalized spacial score (nSPS) is 29.8. The molecule has 1 heterocycles. The first kappa shape index (κ1) is 18.3. The SMILES string of the molecule is CCCSc1nc(Cl)c(N)c(N[C@H]2C=C[C@@H](O)C23CC3OC(C)=O)n1. The molecule has 1 fully saturated rings. The number of halogens is 1. The van der Waals surface area contributed by atoms with Gasteiger partial charge in [0.2, 0.25) is 0 Å². The number of aliphatic hydroxyl groups excluding tert-OH is 1. The first-order valence-corrected chi connectivity index (χ1v) is 9.50. The van der Waals surface area contributed by atoms with Gasteiger partial charge in [-0.05, 0) is 12.8 Å². The van der Waals surface area contributed by atoms with E-state index in [0.29, 0.717) is 17.4 Å². The zero-order chi connectivity index (χ0) is 18.2. The van der Waals surface area contributed by atoms with Crippen LogP contribution in [0.25, 0.3) is 0 Å². The third-order valence-electron chi connectivity index (χ3n) is 4.51. The number of nitrogens with zero attached hydrogens (tertiary/aromatic N) is 2. The quantitative estimate of drug-likeness (QED) is 0.225. The fourth-order valence-corrected chi connectivity index (χ4v) is 4.05. The molecule has 7 nitrogen and oxygen atoms in total. The maximum absolute atomic E-state index is 11.2. The predicted molar refractivity (Wildman–Crippen MR) is 97.6 cm³/mol. The molecule has 9 heteroatoms. The first-order valence-electron chi connectivity index (χ1n) is 8.14. The molecule has 3 rings (SSSR count). The van der Waals surface area contributed by atoms with Gasteiger partial charge in [0.05, 0.1) is 17.6 Å². The standard InChI is InChI=1S/C16H21ClN4O3S/c1-3-6-25-15-20-13(17)12(18)14(21-15)19-9-4-5-10(23)16(9)7-11(16)24-8(2)22/h4-5,9-11,23H,3,6-7,18H2,1-2H3,(H,19,20,21)/t9-,10+,11?,16?/m0/s1. The number of ether oxygens (including phenoxy) is 1. The third kappa shape index (κ3) is 3.43. The summed E-state index contributed by atoms with van der Waals surface area (Å²) >= 11 is 7.63. The Morgan fingerprint density at radius 3 is 3.00 bits per heavy atom. The summed E-state index contributed by atoms with van der Waals surface area (Å²) in [6.45, 7) is 3.43. The summed E-state index contributed by atoms with van der Waals surface area (Å²) in [5.41, 5.74) is 5.70. The molecule has 0 saturated heterocycles. The number of carbonyl (C=O) groups is 1. The zero-order valence-corrected chi connectivity index (χ0v) is 15.6. The van der Waals surface area contributed by atoms with E-state index < -0.39 is 11.5 Å². The number of rotatable bonds is 6. The smallest absolute Gasteiger partial charge is 0.302 e. The third-order valence-corrected chi connectivity index (χ3v) is 5.85. The van der Waals surface area contributed by atoms with Gasteiger partial charge in [0.25, 0.3) is 0 Å². The second kappa shape index (κ2) is 7.01. The van der Waals surface area contributed by atoms with Crippen LogP contribution in [0.4, 0.5) is 11.5 Å². The Kier molecular flexibility index (Phi) is 5.13. The maximum Gasteiger partial charge on any atom is 0.302 e. The van der Waals surface area contributed by atoms with Gasteiger partial charge in [0, 0.05) is 12.7 Å². The lowest BCUT2D eigenvalue weighted by molar-refractivity contribution is -0.144. The van der Waals surface area contributed by atoms with Gasteiger partial charge in [-0.3, -0.25) is 4.79 Å². The molecular weight excluding hydrogens is 364 g/mol. The summed E-state index contributed by atoms with van der Waals surface area (Å²) in [6, 6.07) is -0.260. The number of thioether (sulfide) groups is 1. The van der Waals surface area contributed by atoms with Crippen molar-refractivity contribution in [2.24, 2.45) is 5.41 Å². The summed E-state index contributed by atoms with van der Waals surface area (Å²) in [7, 11) is 0. The molecule has 136 valence electrons. The number of esters is 1. The minimum Gasteiger partial charge on any atom is -0.462 e. The average Bonchev–Trinajstić information content (AvgIpc) is 3.18. The highest BCUT2D eigenvalue weighted by atomic mass is 35.5. The lowest BCUT2D eigenvalue weighted by atomic mass is 9.96. The molecule has 25 heavy (non-hydrogen) atoms. The van der Waals surface area contributed by atoms with E-state index in [9.17, 15) is 9.90 Å². The number of nitrogen functional groups attached to an aromatic ring is 1. The van der Waals surface area contributed by atoms with E-state index in [1.807, 2.05) is 6.08 Å². The van der Waals surface area contributed by atoms with Crippen LogP contribution < -0.4 is 11.1 Å². The van der Waals surface area contributed by atoms with Gasteiger partial charge in [-0.2, -0.15) is 0 Å². The molecule has 0 amide bonds. The predicted octanol–water partition coefficient (Wildman–Crippen LogP) is 2.25. The molecule has 1 saturated carbocycles. The summed E-state index contributed by atoms with van der Waals surface area (Å²) < 4.78 is 5.30. The Morgan fingerprint density at radius 2 is 2.32 bits per heavy atom. The largest absolute Gasteiger partial charge is 0.462 e. The number of aromatic nitrogens is 2. The second-order valence-electron chi connectivity index (χ2n) is 6.27. The Balaban J connectivity index is 1.81. The molecule has 0 aliphatic heterocycles. The van der Waals surface area contributed by atoms with Gasteiger partial charge < -0.3 is 20.9 Å². The zero-order valence-electron chi connectivity index (χ0n) is 14.0. The molecular formula is C16H21ClN4O3S. The minimum absolute atomic E-state index is 0.194. The van der Waals surface area contributed by atoms with Crippen LogP contribution in [0.3, 0.4) is 0 Å². The Hall–Kier alpha value is -1.51. The van der Waals surface area contributed by atoms with Gasteiger partial charge in [-0.15, -0.1) is 0 Å². The van der Waals surface area contributed by atoms with E-state index in [-0.39, 0.29) is 29.0 Å². The van der Waals surface area contributed by atoms with Crippen molar-refractivity contribution in [3.8, 4) is 0 Å². The van der Waals surface area contributed by atoms with Crippen LogP contribution >= 0.6 is 23.4 Å². The van der Waals surface area contributed by atoms with E-state index in [0.717, 1.165) is 12.2 Å². The van der Waals surface area contributed by atoms with E-state index in [1.165, 1.54) is 18.7 Å². The number of hydrogen-bond donors (Lipinski definition) is 3. The van der Waals surface area contributed by atoms with Gasteiger partial charge in [0.1, 0.15) is 11.8 Å². The molecule has 1 spiro atoms. The molecule has 0 aromatic carbocycles. The molecule has 4 atom stereocenters. The molecule has 2 aliphatic rings. The van der Waals surface area contributed by atoms with Crippen LogP contribution in [0.1, 0.15) is 26.7 Å². The van der Waals surface area contributed by atoms with Gasteiger partial charge in [-0.25, -0.2) is 9.97 Å². The lowest BCUT2D eigenvalue weighted by Crippen LogP contribution is -2.36. The van der Waals surface area contributed by atoms with Crippen LogP contribution in [-0.4, -0.2) is 45.0 Å². The van der Waals surface area contributed by atoms with E-state index in [1.54, 1.807) is 6.08 Å². The summed E-state index contributed by atoms with van der Waals surface area (Å²) in [6.07, 6.45) is 4.09. The fourth-order valence-electron chi connectivity index (χ4n) is 3.13.